The van der Waals surface area contributed by atoms with Gasteiger partial charge in [0.15, 0.2) is 5.96 Å². The molecule has 0 aromatic carbocycles. The lowest BCUT2D eigenvalue weighted by atomic mass is 10.1. The minimum atomic E-state index is 0. The molecule has 0 radical (unpaired) electrons. The third-order valence-electron chi connectivity index (χ3n) is 3.96. The zero-order chi connectivity index (χ0) is 14.5. The van der Waals surface area contributed by atoms with Crippen molar-refractivity contribution in [2.24, 2.45) is 10.9 Å². The van der Waals surface area contributed by atoms with Crippen LogP contribution in [0.3, 0.4) is 0 Å². The number of halogens is 1. The van der Waals surface area contributed by atoms with Crippen LogP contribution in [0.2, 0.25) is 0 Å². The number of guanidine groups is 1. The maximum absolute atomic E-state index is 5.06. The van der Waals surface area contributed by atoms with Gasteiger partial charge in [0.1, 0.15) is 0 Å². The predicted octanol–water partition coefficient (Wildman–Crippen LogP) is 2.29. The largest absolute Gasteiger partial charge is 0.472 e. The van der Waals surface area contributed by atoms with Crippen LogP contribution in [0.5, 0.6) is 0 Å². The number of likely N-dealkylation sites (tertiary alicyclic amines) is 1. The van der Waals surface area contributed by atoms with Gasteiger partial charge in [-0.2, -0.15) is 0 Å². The standard InChI is InChI=1S/C15H26N4O.HI/c1-11(2)19-8-12(3)14(9-19)18-15(16-4)17-7-13-5-6-20-10-13;/h5-6,10-12,14H,7-9H2,1-4H3,(H2,16,17,18);1H. The normalized spacial score (nSPS) is 23.2. The number of hydrogen-bond acceptors (Lipinski definition) is 3. The van der Waals surface area contributed by atoms with Crippen molar-refractivity contribution in [3.05, 3.63) is 24.2 Å². The van der Waals surface area contributed by atoms with E-state index >= 15 is 0 Å². The Labute approximate surface area is 144 Å². The average Bonchev–Trinajstić information content (AvgIpc) is 3.04. The van der Waals surface area contributed by atoms with Crippen molar-refractivity contribution in [3.8, 4) is 0 Å². The Hall–Kier alpha value is -0.760. The van der Waals surface area contributed by atoms with E-state index in [4.69, 9.17) is 4.42 Å². The first-order chi connectivity index (χ1) is 9.60. The second-order valence-corrected chi connectivity index (χ2v) is 5.83. The van der Waals surface area contributed by atoms with Crippen LogP contribution in [0.4, 0.5) is 0 Å². The van der Waals surface area contributed by atoms with Crippen molar-refractivity contribution in [1.29, 1.82) is 0 Å². The van der Waals surface area contributed by atoms with E-state index in [1.807, 2.05) is 13.1 Å². The van der Waals surface area contributed by atoms with E-state index in [-0.39, 0.29) is 24.0 Å². The highest BCUT2D eigenvalue weighted by Gasteiger charge is 2.31. The molecule has 0 amide bonds. The molecule has 1 fully saturated rings. The Morgan fingerprint density at radius 1 is 1.48 bits per heavy atom. The second-order valence-electron chi connectivity index (χ2n) is 5.83. The van der Waals surface area contributed by atoms with Crippen molar-refractivity contribution < 1.29 is 4.42 Å². The summed E-state index contributed by atoms with van der Waals surface area (Å²) in [5, 5.41) is 6.85. The number of rotatable bonds is 4. The summed E-state index contributed by atoms with van der Waals surface area (Å²) < 4.78 is 5.06. The minimum absolute atomic E-state index is 0. The second kappa shape index (κ2) is 8.63. The molecule has 21 heavy (non-hydrogen) atoms. The Morgan fingerprint density at radius 2 is 2.24 bits per heavy atom. The molecule has 2 N–H and O–H groups in total. The fraction of sp³-hybridized carbons (Fsp3) is 0.667. The summed E-state index contributed by atoms with van der Waals surface area (Å²) in [7, 11) is 1.81. The molecule has 6 heteroatoms. The lowest BCUT2D eigenvalue weighted by molar-refractivity contribution is 0.265. The van der Waals surface area contributed by atoms with Crippen LogP contribution in [0.1, 0.15) is 26.3 Å². The molecule has 0 bridgehead atoms. The maximum Gasteiger partial charge on any atom is 0.191 e. The number of hydrogen-bond donors (Lipinski definition) is 2. The number of nitrogens with zero attached hydrogens (tertiary/aromatic N) is 2. The molecule has 2 unspecified atom stereocenters. The molecule has 1 aliphatic rings. The highest BCUT2D eigenvalue weighted by atomic mass is 127. The minimum Gasteiger partial charge on any atom is -0.472 e. The molecular weight excluding hydrogens is 379 g/mol. The number of aliphatic imine (C=N–C) groups is 1. The van der Waals surface area contributed by atoms with E-state index in [0.717, 1.165) is 31.2 Å². The van der Waals surface area contributed by atoms with Crippen LogP contribution >= 0.6 is 24.0 Å². The Balaban J connectivity index is 0.00000220. The van der Waals surface area contributed by atoms with Gasteiger partial charge in [-0.05, 0) is 25.8 Å². The summed E-state index contributed by atoms with van der Waals surface area (Å²) in [4.78, 5) is 6.81. The van der Waals surface area contributed by atoms with Gasteiger partial charge in [0.05, 0.1) is 12.5 Å². The molecule has 2 heterocycles. The number of furan rings is 1. The van der Waals surface area contributed by atoms with E-state index < -0.39 is 0 Å². The van der Waals surface area contributed by atoms with Gasteiger partial charge in [0.25, 0.3) is 0 Å². The molecule has 0 aliphatic carbocycles. The van der Waals surface area contributed by atoms with Crippen molar-refractivity contribution >= 4 is 29.9 Å². The van der Waals surface area contributed by atoms with Gasteiger partial charge in [0, 0.05) is 44.3 Å². The SMILES string of the molecule is CN=C(NCc1ccoc1)NC1CN(C(C)C)CC1C.I. The Kier molecular flexibility index (Phi) is 7.51. The summed E-state index contributed by atoms with van der Waals surface area (Å²) in [6.07, 6.45) is 3.44. The first-order valence-electron chi connectivity index (χ1n) is 7.32. The van der Waals surface area contributed by atoms with Crippen LogP contribution in [0.25, 0.3) is 0 Å². The molecule has 0 spiro atoms. The highest BCUT2D eigenvalue weighted by molar-refractivity contribution is 14.0. The third-order valence-corrected chi connectivity index (χ3v) is 3.96. The van der Waals surface area contributed by atoms with Crippen LogP contribution in [0.15, 0.2) is 28.0 Å². The smallest absolute Gasteiger partial charge is 0.191 e. The lowest BCUT2D eigenvalue weighted by Crippen LogP contribution is -2.46. The van der Waals surface area contributed by atoms with Gasteiger partial charge in [-0.15, -0.1) is 24.0 Å². The van der Waals surface area contributed by atoms with E-state index in [9.17, 15) is 0 Å². The zero-order valence-electron chi connectivity index (χ0n) is 13.3. The molecule has 0 saturated carbocycles. The Morgan fingerprint density at radius 3 is 2.76 bits per heavy atom. The van der Waals surface area contributed by atoms with Crippen molar-refractivity contribution in [2.75, 3.05) is 20.1 Å². The summed E-state index contributed by atoms with van der Waals surface area (Å²) in [6, 6.07) is 3.01. The van der Waals surface area contributed by atoms with E-state index in [2.05, 4.69) is 41.3 Å². The van der Waals surface area contributed by atoms with Gasteiger partial charge in [-0.1, -0.05) is 6.92 Å². The fourth-order valence-corrected chi connectivity index (χ4v) is 2.56. The number of nitrogens with one attached hydrogen (secondary N) is 2. The first kappa shape index (κ1) is 18.3. The van der Waals surface area contributed by atoms with E-state index in [1.165, 1.54) is 0 Å². The summed E-state index contributed by atoms with van der Waals surface area (Å²) in [6.45, 7) is 9.75. The van der Waals surface area contributed by atoms with Crippen molar-refractivity contribution in [1.82, 2.24) is 15.5 Å². The van der Waals surface area contributed by atoms with Crippen LogP contribution < -0.4 is 10.6 Å². The molecule has 1 aromatic heterocycles. The predicted molar refractivity (Wildman–Crippen MR) is 97.1 cm³/mol. The maximum atomic E-state index is 5.06. The van der Waals surface area contributed by atoms with Crippen molar-refractivity contribution in [3.63, 3.8) is 0 Å². The van der Waals surface area contributed by atoms with Crippen LogP contribution in [0, 0.1) is 5.92 Å². The van der Waals surface area contributed by atoms with Crippen molar-refractivity contribution in [2.45, 2.75) is 39.4 Å². The molecule has 2 atom stereocenters. The molecule has 1 aliphatic heterocycles. The molecule has 1 saturated heterocycles. The molecule has 120 valence electrons. The lowest BCUT2D eigenvalue weighted by Gasteiger charge is -2.21. The van der Waals surface area contributed by atoms with E-state index in [1.54, 1.807) is 12.5 Å². The van der Waals surface area contributed by atoms with Crippen LogP contribution in [-0.2, 0) is 6.54 Å². The molecule has 1 aromatic rings. The topological polar surface area (TPSA) is 52.8 Å². The van der Waals surface area contributed by atoms with Crippen LogP contribution in [-0.4, -0.2) is 43.1 Å². The monoisotopic (exact) mass is 406 g/mol. The van der Waals surface area contributed by atoms with Gasteiger partial charge < -0.3 is 15.1 Å². The molecular formula is C15H27IN4O. The van der Waals surface area contributed by atoms with Gasteiger partial charge in [0.2, 0.25) is 0 Å². The highest BCUT2D eigenvalue weighted by Crippen LogP contribution is 2.18. The summed E-state index contributed by atoms with van der Waals surface area (Å²) >= 11 is 0. The van der Waals surface area contributed by atoms with Gasteiger partial charge >= 0.3 is 0 Å². The van der Waals surface area contributed by atoms with Gasteiger partial charge in [-0.3, -0.25) is 9.89 Å². The molecule has 5 nitrogen and oxygen atoms in total. The average molecular weight is 406 g/mol. The van der Waals surface area contributed by atoms with Gasteiger partial charge in [-0.25, -0.2) is 0 Å². The van der Waals surface area contributed by atoms with E-state index in [0.29, 0.717) is 18.0 Å². The Bertz CT molecular complexity index is 433. The first-order valence-corrected chi connectivity index (χ1v) is 7.32. The summed E-state index contributed by atoms with van der Waals surface area (Å²) in [5.74, 6) is 1.48. The molecule has 2 rings (SSSR count). The zero-order valence-corrected chi connectivity index (χ0v) is 15.6. The summed E-state index contributed by atoms with van der Waals surface area (Å²) in [5.41, 5.74) is 1.12. The third kappa shape index (κ3) is 5.18. The fourth-order valence-electron chi connectivity index (χ4n) is 2.56. The quantitative estimate of drug-likeness (QED) is 0.458.